The Kier molecular flexibility index (Phi) is 2.66. The molecule has 86 valence electrons. The highest BCUT2D eigenvalue weighted by atomic mass is 79.9. The molecule has 1 heterocycles. The molecule has 1 saturated carbocycles. The maximum Gasteiger partial charge on any atom is 0.123 e. The van der Waals surface area contributed by atoms with Gasteiger partial charge in [0.25, 0.3) is 0 Å². The van der Waals surface area contributed by atoms with E-state index in [-0.39, 0.29) is 5.82 Å². The maximum atomic E-state index is 13.2. The molecule has 16 heavy (non-hydrogen) atoms. The summed E-state index contributed by atoms with van der Waals surface area (Å²) in [7, 11) is 0. The number of alkyl halides is 1. The van der Waals surface area contributed by atoms with Crippen molar-refractivity contribution in [3.63, 3.8) is 0 Å². The first-order valence-corrected chi connectivity index (χ1v) is 7.01. The standard InChI is InChI=1S/C13H15BrFN/c14-7-10-6-11(15)2-4-13(10)16-8-9-1-3-12(16)5-9/h2,4,6,9,12H,1,3,5,7-8H2. The molecule has 2 bridgehead atoms. The van der Waals surface area contributed by atoms with Gasteiger partial charge in [-0.1, -0.05) is 15.9 Å². The number of rotatable bonds is 2. The molecule has 0 radical (unpaired) electrons. The average molecular weight is 284 g/mol. The van der Waals surface area contributed by atoms with Crippen molar-refractivity contribution in [2.75, 3.05) is 11.4 Å². The Morgan fingerprint density at radius 1 is 1.38 bits per heavy atom. The summed E-state index contributed by atoms with van der Waals surface area (Å²) in [6, 6.07) is 5.86. The normalized spacial score (nSPS) is 27.8. The number of fused-ring (bicyclic) bond motifs is 2. The minimum atomic E-state index is -0.137. The van der Waals surface area contributed by atoms with Gasteiger partial charge in [-0.15, -0.1) is 0 Å². The molecule has 0 spiro atoms. The summed E-state index contributed by atoms with van der Waals surface area (Å²) < 4.78 is 13.2. The Morgan fingerprint density at radius 3 is 2.88 bits per heavy atom. The number of piperidine rings is 1. The molecule has 1 aromatic carbocycles. The van der Waals surface area contributed by atoms with E-state index in [1.165, 1.54) is 24.9 Å². The minimum Gasteiger partial charge on any atom is -0.368 e. The van der Waals surface area contributed by atoms with Gasteiger partial charge < -0.3 is 4.90 Å². The number of anilines is 1. The second kappa shape index (κ2) is 4.02. The third-order valence-corrected chi connectivity index (χ3v) is 4.51. The first-order valence-electron chi connectivity index (χ1n) is 5.89. The van der Waals surface area contributed by atoms with Crippen LogP contribution in [-0.2, 0) is 5.33 Å². The van der Waals surface area contributed by atoms with Crippen LogP contribution >= 0.6 is 15.9 Å². The van der Waals surface area contributed by atoms with E-state index in [4.69, 9.17) is 0 Å². The van der Waals surface area contributed by atoms with E-state index in [1.54, 1.807) is 12.1 Å². The first-order chi connectivity index (χ1) is 7.78. The van der Waals surface area contributed by atoms with Crippen LogP contribution in [0.5, 0.6) is 0 Å². The summed E-state index contributed by atoms with van der Waals surface area (Å²) in [6.45, 7) is 1.16. The zero-order valence-electron chi connectivity index (χ0n) is 9.13. The molecule has 0 N–H and O–H groups in total. The Morgan fingerprint density at radius 2 is 2.25 bits per heavy atom. The third kappa shape index (κ3) is 1.65. The monoisotopic (exact) mass is 283 g/mol. The van der Waals surface area contributed by atoms with E-state index < -0.39 is 0 Å². The maximum absolute atomic E-state index is 13.2. The van der Waals surface area contributed by atoms with Crippen LogP contribution in [0.4, 0.5) is 10.1 Å². The van der Waals surface area contributed by atoms with Gasteiger partial charge in [-0.3, -0.25) is 0 Å². The van der Waals surface area contributed by atoms with E-state index in [0.29, 0.717) is 6.04 Å². The van der Waals surface area contributed by atoms with E-state index in [9.17, 15) is 4.39 Å². The summed E-state index contributed by atoms with van der Waals surface area (Å²) in [4.78, 5) is 2.48. The fourth-order valence-electron chi connectivity index (χ4n) is 3.16. The molecule has 2 fully saturated rings. The van der Waals surface area contributed by atoms with Crippen LogP contribution in [0.15, 0.2) is 18.2 Å². The summed E-state index contributed by atoms with van der Waals surface area (Å²) in [5.41, 5.74) is 2.30. The van der Waals surface area contributed by atoms with Crippen molar-refractivity contribution in [1.29, 1.82) is 0 Å². The molecule has 1 aromatic rings. The van der Waals surface area contributed by atoms with E-state index in [0.717, 1.165) is 23.4 Å². The van der Waals surface area contributed by atoms with E-state index >= 15 is 0 Å². The zero-order valence-corrected chi connectivity index (χ0v) is 10.7. The van der Waals surface area contributed by atoms with Gasteiger partial charge in [0.1, 0.15) is 5.82 Å². The van der Waals surface area contributed by atoms with Gasteiger partial charge in [-0.05, 0) is 48.9 Å². The summed E-state index contributed by atoms with van der Waals surface area (Å²) in [6.07, 6.45) is 4.02. The second-order valence-electron chi connectivity index (χ2n) is 4.89. The number of benzene rings is 1. The number of hydrogen-bond donors (Lipinski definition) is 0. The van der Waals surface area contributed by atoms with Gasteiger partial charge in [0.2, 0.25) is 0 Å². The van der Waals surface area contributed by atoms with Crippen LogP contribution in [0.25, 0.3) is 0 Å². The molecule has 1 aliphatic heterocycles. The van der Waals surface area contributed by atoms with Crippen LogP contribution in [0.3, 0.4) is 0 Å². The highest BCUT2D eigenvalue weighted by Crippen LogP contribution is 2.41. The van der Waals surface area contributed by atoms with Crippen molar-refractivity contribution < 1.29 is 4.39 Å². The molecule has 0 amide bonds. The van der Waals surface area contributed by atoms with Crippen molar-refractivity contribution >= 4 is 21.6 Å². The second-order valence-corrected chi connectivity index (χ2v) is 5.45. The fraction of sp³-hybridized carbons (Fsp3) is 0.538. The van der Waals surface area contributed by atoms with Crippen molar-refractivity contribution in [2.24, 2.45) is 5.92 Å². The lowest BCUT2D eigenvalue weighted by Crippen LogP contribution is -2.32. The lowest BCUT2D eigenvalue weighted by atomic mass is 10.1. The lowest BCUT2D eigenvalue weighted by molar-refractivity contribution is 0.552. The van der Waals surface area contributed by atoms with Crippen LogP contribution < -0.4 is 4.90 Å². The molecular formula is C13H15BrFN. The lowest BCUT2D eigenvalue weighted by Gasteiger charge is -2.30. The Balaban J connectivity index is 1.94. The molecule has 2 aliphatic rings. The van der Waals surface area contributed by atoms with Crippen LogP contribution in [0.2, 0.25) is 0 Å². The van der Waals surface area contributed by atoms with Crippen molar-refractivity contribution in [3.05, 3.63) is 29.6 Å². The average Bonchev–Trinajstić information content (AvgIpc) is 2.90. The SMILES string of the molecule is Fc1ccc(N2CC3CCC2C3)c(CBr)c1. The minimum absolute atomic E-state index is 0.137. The predicted molar refractivity (Wildman–Crippen MR) is 67.5 cm³/mol. The number of hydrogen-bond acceptors (Lipinski definition) is 1. The summed E-state index contributed by atoms with van der Waals surface area (Å²) in [5, 5.41) is 0.730. The molecule has 1 aliphatic carbocycles. The van der Waals surface area contributed by atoms with Gasteiger partial charge in [-0.2, -0.15) is 0 Å². The molecule has 1 saturated heterocycles. The van der Waals surface area contributed by atoms with Gasteiger partial charge in [0, 0.05) is 23.6 Å². The van der Waals surface area contributed by atoms with Gasteiger partial charge >= 0.3 is 0 Å². The Bertz CT molecular complexity index is 407. The van der Waals surface area contributed by atoms with Crippen molar-refractivity contribution in [3.8, 4) is 0 Å². The predicted octanol–water partition coefficient (Wildman–Crippen LogP) is 3.71. The molecule has 3 rings (SSSR count). The molecule has 0 aromatic heterocycles. The van der Waals surface area contributed by atoms with Crippen molar-refractivity contribution in [2.45, 2.75) is 30.6 Å². The van der Waals surface area contributed by atoms with Crippen LogP contribution in [-0.4, -0.2) is 12.6 Å². The van der Waals surface area contributed by atoms with Crippen molar-refractivity contribution in [1.82, 2.24) is 0 Å². The van der Waals surface area contributed by atoms with Crippen LogP contribution in [0, 0.1) is 11.7 Å². The smallest absolute Gasteiger partial charge is 0.123 e. The topological polar surface area (TPSA) is 3.24 Å². The number of halogens is 2. The van der Waals surface area contributed by atoms with Crippen LogP contribution in [0.1, 0.15) is 24.8 Å². The summed E-state index contributed by atoms with van der Waals surface area (Å²) >= 11 is 3.45. The Hall–Kier alpha value is -0.570. The van der Waals surface area contributed by atoms with E-state index in [1.807, 2.05) is 6.07 Å². The highest BCUT2D eigenvalue weighted by Gasteiger charge is 2.38. The Labute approximate surface area is 104 Å². The molecular weight excluding hydrogens is 269 g/mol. The number of nitrogens with zero attached hydrogens (tertiary/aromatic N) is 1. The largest absolute Gasteiger partial charge is 0.368 e. The van der Waals surface area contributed by atoms with Gasteiger partial charge in [0.15, 0.2) is 0 Å². The molecule has 2 unspecified atom stereocenters. The fourth-order valence-corrected chi connectivity index (χ4v) is 3.61. The van der Waals surface area contributed by atoms with Gasteiger partial charge in [-0.25, -0.2) is 4.39 Å². The molecule has 2 atom stereocenters. The molecule has 3 heteroatoms. The quantitative estimate of drug-likeness (QED) is 0.748. The van der Waals surface area contributed by atoms with Gasteiger partial charge in [0.05, 0.1) is 0 Å². The zero-order chi connectivity index (χ0) is 11.1. The highest BCUT2D eigenvalue weighted by molar-refractivity contribution is 9.08. The van der Waals surface area contributed by atoms with E-state index in [2.05, 4.69) is 20.8 Å². The third-order valence-electron chi connectivity index (χ3n) is 3.90. The molecule has 1 nitrogen and oxygen atoms in total. The first kappa shape index (κ1) is 10.6. The summed E-state index contributed by atoms with van der Waals surface area (Å²) in [5.74, 6) is 0.737.